The molecule has 1 aliphatic rings. The molecule has 138 valence electrons. The smallest absolute Gasteiger partial charge is 0.142 e. The number of nitrogens with one attached hydrogen (secondary N) is 2. The molecule has 1 saturated heterocycles. The van der Waals surface area contributed by atoms with Gasteiger partial charge >= 0.3 is 0 Å². The lowest BCUT2D eigenvalue weighted by Gasteiger charge is -2.38. The van der Waals surface area contributed by atoms with Crippen LogP contribution in [0, 0.1) is 6.92 Å². The number of imidazole rings is 1. The lowest BCUT2D eigenvalue weighted by atomic mass is 9.88. The van der Waals surface area contributed by atoms with E-state index in [0.29, 0.717) is 5.02 Å². The molecule has 27 heavy (non-hydrogen) atoms. The molecule has 0 aliphatic carbocycles. The van der Waals surface area contributed by atoms with Gasteiger partial charge in [0.2, 0.25) is 0 Å². The molecule has 4 heterocycles. The van der Waals surface area contributed by atoms with E-state index in [1.807, 2.05) is 31.3 Å². The predicted octanol–water partition coefficient (Wildman–Crippen LogP) is 3.25. The normalized spacial score (nSPS) is 17.1. The molecule has 4 N–H and O–H groups in total. The molecule has 0 amide bonds. The van der Waals surface area contributed by atoms with Gasteiger partial charge in [0.1, 0.15) is 23.6 Å². The van der Waals surface area contributed by atoms with Crippen LogP contribution in [0.5, 0.6) is 0 Å². The molecule has 0 bridgehead atoms. The summed E-state index contributed by atoms with van der Waals surface area (Å²) in [7, 11) is 0. The second-order valence-electron chi connectivity index (χ2n) is 7.28. The number of benzene rings is 1. The Kier molecular flexibility index (Phi) is 3.63. The summed E-state index contributed by atoms with van der Waals surface area (Å²) < 4.78 is 0. The largest absolute Gasteiger partial charge is 0.356 e. The monoisotopic (exact) mass is 381 g/mol. The van der Waals surface area contributed by atoms with Crippen LogP contribution in [-0.2, 0) is 5.54 Å². The summed E-state index contributed by atoms with van der Waals surface area (Å²) in [5.74, 6) is 1.78. The number of nitrogens with two attached hydrogens (primary N) is 1. The Balaban J connectivity index is 1.44. The first-order valence-corrected chi connectivity index (χ1v) is 9.40. The van der Waals surface area contributed by atoms with Gasteiger partial charge in [0.15, 0.2) is 0 Å². The topological polar surface area (TPSA) is 99.5 Å². The highest BCUT2D eigenvalue weighted by molar-refractivity contribution is 6.31. The summed E-state index contributed by atoms with van der Waals surface area (Å²) >= 11 is 6.18. The number of piperidine rings is 1. The van der Waals surface area contributed by atoms with E-state index in [2.05, 4.69) is 24.8 Å². The summed E-state index contributed by atoms with van der Waals surface area (Å²) in [6, 6.07) is 5.85. The number of aromatic nitrogens is 5. The number of hydrogen-bond acceptors (Lipinski definition) is 5. The van der Waals surface area contributed by atoms with Crippen molar-refractivity contribution in [1.29, 1.82) is 0 Å². The Morgan fingerprint density at radius 3 is 2.85 bits per heavy atom. The van der Waals surface area contributed by atoms with Crippen molar-refractivity contribution in [2.24, 2.45) is 5.73 Å². The van der Waals surface area contributed by atoms with E-state index >= 15 is 0 Å². The average Bonchev–Trinajstić information content (AvgIpc) is 3.29. The molecule has 1 aliphatic heterocycles. The fourth-order valence-corrected chi connectivity index (χ4v) is 4.22. The fraction of sp³-hybridized carbons (Fsp3) is 0.316. The second kappa shape index (κ2) is 5.94. The highest BCUT2D eigenvalue weighted by Gasteiger charge is 2.36. The highest BCUT2D eigenvalue weighted by Crippen LogP contribution is 2.34. The van der Waals surface area contributed by atoms with E-state index in [1.54, 1.807) is 6.33 Å². The predicted molar refractivity (Wildman–Crippen MR) is 107 cm³/mol. The van der Waals surface area contributed by atoms with E-state index in [4.69, 9.17) is 22.3 Å². The molecule has 1 aromatic carbocycles. The summed E-state index contributed by atoms with van der Waals surface area (Å²) in [5, 5.41) is 1.74. The van der Waals surface area contributed by atoms with E-state index in [0.717, 1.165) is 65.2 Å². The molecule has 0 unspecified atom stereocenters. The van der Waals surface area contributed by atoms with Gasteiger partial charge in [0.05, 0.1) is 22.0 Å². The van der Waals surface area contributed by atoms with Crippen molar-refractivity contribution in [3.63, 3.8) is 0 Å². The van der Waals surface area contributed by atoms with E-state index in [1.165, 1.54) is 0 Å². The summed E-state index contributed by atoms with van der Waals surface area (Å²) in [6.07, 6.45) is 5.07. The number of rotatable bonds is 2. The Morgan fingerprint density at radius 1 is 1.22 bits per heavy atom. The third-order valence-electron chi connectivity index (χ3n) is 5.50. The Hall–Kier alpha value is -2.64. The van der Waals surface area contributed by atoms with E-state index in [-0.39, 0.29) is 0 Å². The van der Waals surface area contributed by atoms with Gasteiger partial charge in [-0.3, -0.25) is 0 Å². The van der Waals surface area contributed by atoms with Gasteiger partial charge in [-0.25, -0.2) is 15.0 Å². The molecule has 3 aromatic heterocycles. The Labute approximate surface area is 161 Å². The maximum atomic E-state index is 6.77. The van der Waals surface area contributed by atoms with Crippen LogP contribution in [0.25, 0.3) is 22.1 Å². The molecule has 4 aromatic rings. The van der Waals surface area contributed by atoms with Gasteiger partial charge in [-0.2, -0.15) is 0 Å². The van der Waals surface area contributed by atoms with Gasteiger partial charge in [-0.1, -0.05) is 11.6 Å². The minimum absolute atomic E-state index is 0.487. The fourth-order valence-electron chi connectivity index (χ4n) is 3.95. The molecule has 5 rings (SSSR count). The van der Waals surface area contributed by atoms with Gasteiger partial charge in [0, 0.05) is 24.3 Å². The van der Waals surface area contributed by atoms with Crippen LogP contribution in [0.4, 0.5) is 5.82 Å². The highest BCUT2D eigenvalue weighted by atomic mass is 35.5. The molecule has 0 atom stereocenters. The van der Waals surface area contributed by atoms with Crippen molar-refractivity contribution in [3.05, 3.63) is 47.1 Å². The first-order valence-electron chi connectivity index (χ1n) is 9.02. The third-order valence-corrected chi connectivity index (χ3v) is 5.72. The zero-order valence-electron chi connectivity index (χ0n) is 15.0. The van der Waals surface area contributed by atoms with Crippen molar-refractivity contribution in [2.45, 2.75) is 25.3 Å². The maximum absolute atomic E-state index is 6.77. The van der Waals surface area contributed by atoms with Crippen LogP contribution in [-0.4, -0.2) is 38.0 Å². The van der Waals surface area contributed by atoms with Crippen molar-refractivity contribution in [1.82, 2.24) is 24.9 Å². The number of nitrogens with zero attached hydrogens (tertiary/aromatic N) is 4. The Bertz CT molecular complexity index is 1140. The number of aromatic amines is 2. The molecule has 0 saturated carbocycles. The minimum Gasteiger partial charge on any atom is -0.356 e. The molecular formula is C19H20ClN7. The number of H-pyrrole nitrogens is 2. The van der Waals surface area contributed by atoms with Crippen LogP contribution in [0.1, 0.15) is 24.2 Å². The van der Waals surface area contributed by atoms with Crippen molar-refractivity contribution < 1.29 is 0 Å². The number of aryl methyl sites for hydroxylation is 1. The minimum atomic E-state index is -0.487. The van der Waals surface area contributed by atoms with Crippen LogP contribution in [0.15, 0.2) is 30.7 Å². The van der Waals surface area contributed by atoms with Crippen molar-refractivity contribution >= 4 is 39.5 Å². The first kappa shape index (κ1) is 16.5. The molecule has 8 heteroatoms. The van der Waals surface area contributed by atoms with Crippen LogP contribution in [0.3, 0.4) is 0 Å². The quantitative estimate of drug-likeness (QED) is 0.495. The van der Waals surface area contributed by atoms with Crippen molar-refractivity contribution in [2.75, 3.05) is 18.0 Å². The average molecular weight is 382 g/mol. The zero-order valence-corrected chi connectivity index (χ0v) is 15.7. The molecule has 0 radical (unpaired) electrons. The third kappa shape index (κ3) is 2.65. The van der Waals surface area contributed by atoms with Crippen molar-refractivity contribution in [3.8, 4) is 0 Å². The van der Waals surface area contributed by atoms with Gasteiger partial charge in [0.25, 0.3) is 0 Å². The van der Waals surface area contributed by atoms with Crippen LogP contribution in [0.2, 0.25) is 5.02 Å². The SMILES string of the molecule is Cc1cc(Cl)cc2[nH]c(C3(N)CCN(c4ncnc5[nH]ccc45)CC3)nc12. The second-order valence-corrected chi connectivity index (χ2v) is 7.72. The lowest BCUT2D eigenvalue weighted by molar-refractivity contribution is 0.327. The maximum Gasteiger partial charge on any atom is 0.142 e. The lowest BCUT2D eigenvalue weighted by Crippen LogP contribution is -2.49. The number of fused-ring (bicyclic) bond motifs is 2. The molecular weight excluding hydrogens is 362 g/mol. The summed E-state index contributed by atoms with van der Waals surface area (Å²) in [4.78, 5) is 22.4. The van der Waals surface area contributed by atoms with Gasteiger partial charge < -0.3 is 20.6 Å². The van der Waals surface area contributed by atoms with Crippen LogP contribution < -0.4 is 10.6 Å². The Morgan fingerprint density at radius 2 is 2.04 bits per heavy atom. The summed E-state index contributed by atoms with van der Waals surface area (Å²) in [6.45, 7) is 3.64. The number of halogens is 1. The number of anilines is 1. The molecule has 1 fully saturated rings. The molecule has 7 nitrogen and oxygen atoms in total. The standard InChI is InChI=1S/C19H20ClN7/c1-11-8-12(20)9-14-15(11)26-18(25-14)19(21)3-6-27(7-4-19)17-13-2-5-22-16(13)23-10-24-17/h2,5,8-10H,3-4,6-7,21H2,1H3,(H,25,26)(H,22,23,24). The van der Waals surface area contributed by atoms with Gasteiger partial charge in [-0.15, -0.1) is 0 Å². The number of hydrogen-bond donors (Lipinski definition) is 3. The van der Waals surface area contributed by atoms with Gasteiger partial charge in [-0.05, 0) is 43.5 Å². The summed E-state index contributed by atoms with van der Waals surface area (Å²) in [5.41, 5.74) is 10.1. The van der Waals surface area contributed by atoms with E-state index < -0.39 is 5.54 Å². The molecule has 0 spiro atoms. The van der Waals surface area contributed by atoms with E-state index in [9.17, 15) is 0 Å². The van der Waals surface area contributed by atoms with Crippen LogP contribution >= 0.6 is 11.6 Å². The first-order chi connectivity index (χ1) is 13.0. The zero-order chi connectivity index (χ0) is 18.6.